The Hall–Kier alpha value is -0.690. The van der Waals surface area contributed by atoms with Gasteiger partial charge in [0, 0.05) is 6.42 Å². The van der Waals surface area contributed by atoms with Gasteiger partial charge in [0.2, 0.25) is 5.89 Å². The van der Waals surface area contributed by atoms with Gasteiger partial charge in [-0.15, -0.1) is 9.24 Å². The van der Waals surface area contributed by atoms with Crippen LogP contribution in [0.4, 0.5) is 0 Å². The maximum Gasteiger partial charge on any atom is 0.250 e. The molecule has 0 fully saturated rings. The highest BCUT2D eigenvalue weighted by Crippen LogP contribution is 2.28. The van der Waals surface area contributed by atoms with Gasteiger partial charge in [-0.2, -0.15) is 4.98 Å². The van der Waals surface area contributed by atoms with Crippen molar-refractivity contribution in [2.45, 2.75) is 32.9 Å². The molecule has 0 N–H and O–H groups in total. The zero-order valence-electron chi connectivity index (χ0n) is 8.95. The van der Waals surface area contributed by atoms with Crippen LogP contribution in [0.15, 0.2) is 11.1 Å². The largest absolute Gasteiger partial charge is 0.335 e. The predicted octanol–water partition coefficient (Wildman–Crippen LogP) is 2.54. The zero-order chi connectivity index (χ0) is 10.8. The summed E-state index contributed by atoms with van der Waals surface area (Å²) in [6.45, 7) is 10.2. The number of nitrogens with zero attached hydrogens (tertiary/aromatic N) is 2. The van der Waals surface area contributed by atoms with Gasteiger partial charge in [0.1, 0.15) is 0 Å². The molecule has 0 aromatic carbocycles. The maximum atomic E-state index is 4.94. The van der Waals surface area contributed by atoms with Crippen LogP contribution in [-0.4, -0.2) is 15.8 Å². The van der Waals surface area contributed by atoms with Crippen molar-refractivity contribution in [3.05, 3.63) is 18.3 Å². The molecule has 0 saturated carbocycles. The lowest BCUT2D eigenvalue weighted by atomic mass is 9.89. The standard InChI is InChI=1S/C10H17N2OP/c1-5-9-11-8(12-13-9)6-7(14)10(2,3)4/h5,7H,1,6,14H2,2-4H3. The second-order valence-electron chi connectivity index (χ2n) is 4.43. The van der Waals surface area contributed by atoms with E-state index in [2.05, 4.69) is 46.7 Å². The number of hydrogen-bond donors (Lipinski definition) is 0. The van der Waals surface area contributed by atoms with E-state index in [0.29, 0.717) is 11.5 Å². The van der Waals surface area contributed by atoms with Crippen molar-refractivity contribution >= 4 is 15.3 Å². The van der Waals surface area contributed by atoms with Crippen molar-refractivity contribution in [1.29, 1.82) is 0 Å². The molecule has 2 atom stereocenters. The highest BCUT2D eigenvalue weighted by Gasteiger charge is 2.22. The van der Waals surface area contributed by atoms with Gasteiger partial charge in [-0.25, -0.2) is 0 Å². The fourth-order valence-corrected chi connectivity index (χ4v) is 1.15. The molecule has 3 nitrogen and oxygen atoms in total. The van der Waals surface area contributed by atoms with Crippen molar-refractivity contribution in [3.63, 3.8) is 0 Å². The average Bonchev–Trinajstić information content (AvgIpc) is 2.50. The van der Waals surface area contributed by atoms with Gasteiger partial charge in [0.05, 0.1) is 0 Å². The Morgan fingerprint density at radius 2 is 2.21 bits per heavy atom. The van der Waals surface area contributed by atoms with Crippen molar-refractivity contribution in [2.24, 2.45) is 5.41 Å². The first kappa shape index (κ1) is 11.4. The lowest BCUT2D eigenvalue weighted by Gasteiger charge is -2.25. The minimum absolute atomic E-state index is 0.236. The quantitative estimate of drug-likeness (QED) is 0.723. The van der Waals surface area contributed by atoms with Gasteiger partial charge < -0.3 is 4.52 Å². The van der Waals surface area contributed by atoms with Crippen LogP contribution in [0.25, 0.3) is 6.08 Å². The van der Waals surface area contributed by atoms with Crippen LogP contribution in [-0.2, 0) is 6.42 Å². The molecule has 0 aliphatic carbocycles. The molecule has 1 aromatic rings. The Morgan fingerprint density at radius 1 is 1.57 bits per heavy atom. The van der Waals surface area contributed by atoms with E-state index in [1.165, 1.54) is 0 Å². The fourth-order valence-electron chi connectivity index (χ4n) is 0.936. The van der Waals surface area contributed by atoms with Crippen LogP contribution in [0.3, 0.4) is 0 Å². The first-order chi connectivity index (χ1) is 6.43. The molecular weight excluding hydrogens is 195 g/mol. The van der Waals surface area contributed by atoms with Crippen molar-refractivity contribution in [1.82, 2.24) is 10.1 Å². The van der Waals surface area contributed by atoms with E-state index in [9.17, 15) is 0 Å². The van der Waals surface area contributed by atoms with E-state index < -0.39 is 0 Å². The molecule has 78 valence electrons. The lowest BCUT2D eigenvalue weighted by molar-refractivity contribution is 0.373. The third-order valence-electron chi connectivity index (χ3n) is 2.17. The van der Waals surface area contributed by atoms with Gasteiger partial charge in [0.15, 0.2) is 5.82 Å². The number of aromatic nitrogens is 2. The summed E-state index contributed by atoms with van der Waals surface area (Å²) in [7, 11) is 2.83. The van der Waals surface area contributed by atoms with Crippen LogP contribution in [0, 0.1) is 5.41 Å². The zero-order valence-corrected chi connectivity index (χ0v) is 10.1. The molecule has 0 spiro atoms. The van der Waals surface area contributed by atoms with Gasteiger partial charge >= 0.3 is 0 Å². The molecule has 14 heavy (non-hydrogen) atoms. The van der Waals surface area contributed by atoms with Crippen molar-refractivity contribution < 1.29 is 4.52 Å². The van der Waals surface area contributed by atoms with E-state index in [0.717, 1.165) is 12.2 Å². The predicted molar refractivity (Wildman–Crippen MR) is 61.0 cm³/mol. The molecular formula is C10H17N2OP. The van der Waals surface area contributed by atoms with E-state index >= 15 is 0 Å². The summed E-state index contributed by atoms with van der Waals surface area (Å²) in [5.41, 5.74) is 0.678. The first-order valence-electron chi connectivity index (χ1n) is 4.64. The highest BCUT2D eigenvalue weighted by molar-refractivity contribution is 7.17. The number of rotatable bonds is 3. The molecule has 2 unspecified atom stereocenters. The molecule has 4 heteroatoms. The summed E-state index contributed by atoms with van der Waals surface area (Å²) in [6, 6.07) is 0. The van der Waals surface area contributed by atoms with Gasteiger partial charge in [-0.05, 0) is 17.2 Å². The summed E-state index contributed by atoms with van der Waals surface area (Å²) >= 11 is 0. The third kappa shape index (κ3) is 2.91. The topological polar surface area (TPSA) is 38.9 Å². The Morgan fingerprint density at radius 3 is 2.64 bits per heavy atom. The first-order valence-corrected chi connectivity index (χ1v) is 5.30. The van der Waals surface area contributed by atoms with Crippen molar-refractivity contribution in [3.8, 4) is 0 Å². The molecule has 0 radical (unpaired) electrons. The minimum atomic E-state index is 0.236. The van der Waals surface area contributed by atoms with E-state index in [-0.39, 0.29) is 5.41 Å². The highest BCUT2D eigenvalue weighted by atomic mass is 31.0. The van der Waals surface area contributed by atoms with Gasteiger partial charge in [0.25, 0.3) is 0 Å². The summed E-state index contributed by atoms with van der Waals surface area (Å²) in [4.78, 5) is 4.17. The monoisotopic (exact) mass is 212 g/mol. The molecule has 0 aliphatic heterocycles. The summed E-state index contributed by atoms with van der Waals surface area (Å²) in [5.74, 6) is 1.24. The Kier molecular flexibility index (Phi) is 3.43. The Balaban J connectivity index is 2.65. The molecule has 0 saturated heterocycles. The fraction of sp³-hybridized carbons (Fsp3) is 0.600. The smallest absolute Gasteiger partial charge is 0.250 e. The van der Waals surface area contributed by atoms with Crippen LogP contribution >= 0.6 is 9.24 Å². The average molecular weight is 212 g/mol. The Labute approximate surface area is 87.2 Å². The molecule has 1 heterocycles. The van der Waals surface area contributed by atoms with Crippen LogP contribution in [0.1, 0.15) is 32.5 Å². The van der Waals surface area contributed by atoms with Crippen LogP contribution in [0.2, 0.25) is 0 Å². The summed E-state index contributed by atoms with van der Waals surface area (Å²) in [6.07, 6.45) is 2.37. The molecule has 1 aromatic heterocycles. The third-order valence-corrected chi connectivity index (χ3v) is 3.41. The SMILES string of the molecule is C=Cc1nc(CC(P)C(C)(C)C)no1. The molecule has 0 aliphatic rings. The van der Waals surface area contributed by atoms with E-state index in [1.807, 2.05) is 0 Å². The molecule has 1 rings (SSSR count). The maximum absolute atomic E-state index is 4.94. The van der Waals surface area contributed by atoms with E-state index in [4.69, 9.17) is 4.52 Å². The van der Waals surface area contributed by atoms with Crippen LogP contribution in [0.5, 0.6) is 0 Å². The summed E-state index contributed by atoms with van der Waals surface area (Å²) in [5, 5.41) is 3.87. The molecule has 0 amide bonds. The second kappa shape index (κ2) is 4.22. The van der Waals surface area contributed by atoms with Crippen molar-refractivity contribution in [2.75, 3.05) is 0 Å². The second-order valence-corrected chi connectivity index (χ2v) is 5.23. The summed E-state index contributed by atoms with van der Waals surface area (Å²) < 4.78 is 4.94. The number of hydrogen-bond acceptors (Lipinski definition) is 3. The normalized spacial score (nSPS) is 14.0. The Bertz CT molecular complexity index is 314. The lowest BCUT2D eigenvalue weighted by Crippen LogP contribution is -2.22. The molecule has 0 bridgehead atoms. The van der Waals surface area contributed by atoms with E-state index in [1.54, 1.807) is 6.08 Å². The minimum Gasteiger partial charge on any atom is -0.335 e. The van der Waals surface area contributed by atoms with Crippen LogP contribution < -0.4 is 0 Å². The van der Waals surface area contributed by atoms with Gasteiger partial charge in [-0.1, -0.05) is 32.5 Å². The van der Waals surface area contributed by atoms with Gasteiger partial charge in [-0.3, -0.25) is 0 Å².